The Morgan fingerprint density at radius 1 is 1.38 bits per heavy atom. The monoisotopic (exact) mass is 210 g/mol. The van der Waals surface area contributed by atoms with Crippen LogP contribution in [-0.4, -0.2) is 11.5 Å². The molecule has 0 bridgehead atoms. The van der Waals surface area contributed by atoms with Crippen molar-refractivity contribution in [3.05, 3.63) is 42.1 Å². The normalized spacial score (nSPS) is 12.2. The number of benzene rings is 1. The van der Waals surface area contributed by atoms with Gasteiger partial charge in [-0.2, -0.15) is 0 Å². The van der Waals surface area contributed by atoms with E-state index in [0.717, 1.165) is 23.0 Å². The standard InChI is InChI=1S/C14H14N2/c1-3-13(15-4-2)12-9-5-7-11-8-6-10-16-14(11)12/h1,5-10,13,15H,4H2,2H3. The minimum atomic E-state index is -0.0661. The maximum Gasteiger partial charge on any atom is 0.0964 e. The number of hydrogen-bond donors (Lipinski definition) is 1. The fraction of sp³-hybridized carbons (Fsp3) is 0.214. The van der Waals surface area contributed by atoms with Gasteiger partial charge < -0.3 is 5.32 Å². The summed E-state index contributed by atoms with van der Waals surface area (Å²) >= 11 is 0. The Morgan fingerprint density at radius 3 is 2.94 bits per heavy atom. The van der Waals surface area contributed by atoms with Crippen LogP contribution in [0.5, 0.6) is 0 Å². The number of nitrogens with one attached hydrogen (secondary N) is 1. The highest BCUT2D eigenvalue weighted by atomic mass is 14.9. The highest BCUT2D eigenvalue weighted by Crippen LogP contribution is 2.21. The molecule has 2 nitrogen and oxygen atoms in total. The quantitative estimate of drug-likeness (QED) is 0.787. The fourth-order valence-electron chi connectivity index (χ4n) is 1.82. The van der Waals surface area contributed by atoms with Gasteiger partial charge in [-0.15, -0.1) is 6.42 Å². The largest absolute Gasteiger partial charge is 0.300 e. The number of nitrogens with zero attached hydrogens (tertiary/aromatic N) is 1. The van der Waals surface area contributed by atoms with Crippen LogP contribution in [0.1, 0.15) is 18.5 Å². The Kier molecular flexibility index (Phi) is 3.19. The van der Waals surface area contributed by atoms with Gasteiger partial charge in [0.25, 0.3) is 0 Å². The van der Waals surface area contributed by atoms with Gasteiger partial charge in [-0.25, -0.2) is 0 Å². The first-order valence-corrected chi connectivity index (χ1v) is 5.40. The van der Waals surface area contributed by atoms with Gasteiger partial charge in [-0.1, -0.05) is 37.1 Å². The maximum atomic E-state index is 5.54. The van der Waals surface area contributed by atoms with Crippen molar-refractivity contribution in [2.24, 2.45) is 0 Å². The third-order valence-corrected chi connectivity index (χ3v) is 2.55. The van der Waals surface area contributed by atoms with E-state index in [1.807, 2.05) is 37.3 Å². The minimum absolute atomic E-state index is 0.0661. The van der Waals surface area contributed by atoms with Gasteiger partial charge in [0.05, 0.1) is 11.6 Å². The number of fused-ring (bicyclic) bond motifs is 1. The van der Waals surface area contributed by atoms with Crippen molar-refractivity contribution in [3.63, 3.8) is 0 Å². The molecule has 0 saturated heterocycles. The second-order valence-electron chi connectivity index (χ2n) is 3.58. The van der Waals surface area contributed by atoms with Gasteiger partial charge >= 0.3 is 0 Å². The molecule has 0 radical (unpaired) electrons. The zero-order valence-electron chi connectivity index (χ0n) is 9.27. The first-order chi connectivity index (χ1) is 7.86. The summed E-state index contributed by atoms with van der Waals surface area (Å²) in [6, 6.07) is 10.0. The lowest BCUT2D eigenvalue weighted by atomic mass is 10.0. The van der Waals surface area contributed by atoms with Crippen molar-refractivity contribution in [2.45, 2.75) is 13.0 Å². The molecule has 0 aliphatic carbocycles. The average molecular weight is 210 g/mol. The lowest BCUT2D eigenvalue weighted by Crippen LogP contribution is -2.19. The van der Waals surface area contributed by atoms with Crippen LogP contribution in [0.15, 0.2) is 36.5 Å². The third-order valence-electron chi connectivity index (χ3n) is 2.55. The molecule has 2 heteroatoms. The molecule has 0 amide bonds. The lowest BCUT2D eigenvalue weighted by Gasteiger charge is -2.13. The molecule has 2 aromatic rings. The first-order valence-electron chi connectivity index (χ1n) is 5.40. The number of pyridine rings is 1. The average Bonchev–Trinajstić information content (AvgIpc) is 2.35. The third kappa shape index (κ3) is 1.91. The van der Waals surface area contributed by atoms with Gasteiger partial charge in [0.2, 0.25) is 0 Å². The summed E-state index contributed by atoms with van der Waals surface area (Å²) < 4.78 is 0. The van der Waals surface area contributed by atoms with E-state index in [-0.39, 0.29) is 6.04 Å². The Labute approximate surface area is 95.7 Å². The van der Waals surface area contributed by atoms with E-state index in [4.69, 9.17) is 6.42 Å². The zero-order chi connectivity index (χ0) is 11.4. The van der Waals surface area contributed by atoms with Crippen LogP contribution in [0.4, 0.5) is 0 Å². The van der Waals surface area contributed by atoms with Gasteiger partial charge in [0, 0.05) is 17.1 Å². The smallest absolute Gasteiger partial charge is 0.0964 e. The molecule has 1 aromatic heterocycles. The molecule has 0 spiro atoms. The number of terminal acetylenes is 1. The van der Waals surface area contributed by atoms with E-state index >= 15 is 0 Å². The van der Waals surface area contributed by atoms with Crippen LogP contribution >= 0.6 is 0 Å². The molecular weight excluding hydrogens is 196 g/mol. The van der Waals surface area contributed by atoms with Crippen LogP contribution in [0.2, 0.25) is 0 Å². The number of hydrogen-bond acceptors (Lipinski definition) is 2. The van der Waals surface area contributed by atoms with Crippen molar-refractivity contribution in [1.82, 2.24) is 10.3 Å². The van der Waals surface area contributed by atoms with Crippen LogP contribution in [0, 0.1) is 12.3 Å². The van der Waals surface area contributed by atoms with E-state index in [0.29, 0.717) is 0 Å². The summed E-state index contributed by atoms with van der Waals surface area (Å²) in [5, 5.41) is 4.39. The van der Waals surface area contributed by atoms with Crippen LogP contribution in [-0.2, 0) is 0 Å². The van der Waals surface area contributed by atoms with Crippen molar-refractivity contribution in [2.75, 3.05) is 6.54 Å². The summed E-state index contributed by atoms with van der Waals surface area (Å²) in [4.78, 5) is 4.40. The Bertz CT molecular complexity index is 520. The summed E-state index contributed by atoms with van der Waals surface area (Å²) in [6.07, 6.45) is 7.34. The predicted molar refractivity (Wildman–Crippen MR) is 67.0 cm³/mol. The highest BCUT2D eigenvalue weighted by Gasteiger charge is 2.10. The molecule has 1 unspecified atom stereocenters. The molecule has 1 aromatic carbocycles. The van der Waals surface area contributed by atoms with E-state index < -0.39 is 0 Å². The van der Waals surface area contributed by atoms with Gasteiger partial charge in [-0.05, 0) is 12.6 Å². The molecular formula is C14H14N2. The molecule has 80 valence electrons. The molecule has 1 N–H and O–H groups in total. The number of rotatable bonds is 3. The molecule has 16 heavy (non-hydrogen) atoms. The number of aromatic nitrogens is 1. The van der Waals surface area contributed by atoms with Crippen LogP contribution in [0.3, 0.4) is 0 Å². The molecule has 2 rings (SSSR count). The Hall–Kier alpha value is -1.85. The maximum absolute atomic E-state index is 5.54. The van der Waals surface area contributed by atoms with Crippen molar-refractivity contribution >= 4 is 10.9 Å². The van der Waals surface area contributed by atoms with Crippen molar-refractivity contribution in [3.8, 4) is 12.3 Å². The summed E-state index contributed by atoms with van der Waals surface area (Å²) in [5.74, 6) is 2.76. The molecule has 0 fully saturated rings. The van der Waals surface area contributed by atoms with Crippen LogP contribution in [0.25, 0.3) is 10.9 Å². The lowest BCUT2D eigenvalue weighted by molar-refractivity contribution is 0.668. The molecule has 1 heterocycles. The first kappa shape index (κ1) is 10.7. The second kappa shape index (κ2) is 4.78. The van der Waals surface area contributed by atoms with Gasteiger partial charge in [-0.3, -0.25) is 4.98 Å². The summed E-state index contributed by atoms with van der Waals surface area (Å²) in [6.45, 7) is 2.89. The Balaban J connectivity index is 2.55. The molecule has 0 aliphatic heterocycles. The molecule has 0 aliphatic rings. The summed E-state index contributed by atoms with van der Waals surface area (Å²) in [7, 11) is 0. The molecule has 0 saturated carbocycles. The highest BCUT2D eigenvalue weighted by molar-refractivity contribution is 5.82. The van der Waals surface area contributed by atoms with Crippen molar-refractivity contribution in [1.29, 1.82) is 0 Å². The minimum Gasteiger partial charge on any atom is -0.300 e. The van der Waals surface area contributed by atoms with Gasteiger partial charge in [0.1, 0.15) is 0 Å². The van der Waals surface area contributed by atoms with E-state index in [1.54, 1.807) is 6.20 Å². The van der Waals surface area contributed by atoms with Crippen LogP contribution < -0.4 is 5.32 Å². The summed E-state index contributed by atoms with van der Waals surface area (Å²) in [5.41, 5.74) is 2.05. The van der Waals surface area contributed by atoms with E-state index in [1.165, 1.54) is 0 Å². The Morgan fingerprint density at radius 2 is 2.19 bits per heavy atom. The van der Waals surface area contributed by atoms with Crippen molar-refractivity contribution < 1.29 is 0 Å². The van der Waals surface area contributed by atoms with E-state index in [2.05, 4.69) is 16.2 Å². The zero-order valence-corrected chi connectivity index (χ0v) is 9.27. The molecule has 1 atom stereocenters. The second-order valence-corrected chi connectivity index (χ2v) is 3.58. The van der Waals surface area contributed by atoms with E-state index in [9.17, 15) is 0 Å². The SMILES string of the molecule is C#CC(NCC)c1cccc2cccnc12. The topological polar surface area (TPSA) is 24.9 Å². The predicted octanol–water partition coefficient (Wildman–Crippen LogP) is 2.52. The fourth-order valence-corrected chi connectivity index (χ4v) is 1.82. The number of para-hydroxylation sites is 1. The van der Waals surface area contributed by atoms with Gasteiger partial charge in [0.15, 0.2) is 0 Å².